The second-order valence-corrected chi connectivity index (χ2v) is 35.4. The minimum Gasteiger partial charge on any atom is -0.490 e. The van der Waals surface area contributed by atoms with Gasteiger partial charge in [0.15, 0.2) is 25.0 Å². The Morgan fingerprint density at radius 3 is 1.79 bits per heavy atom. The highest BCUT2D eigenvalue weighted by atomic mass is 28.4. The van der Waals surface area contributed by atoms with E-state index in [-0.39, 0.29) is 47.6 Å². The van der Waals surface area contributed by atoms with E-state index in [1.54, 1.807) is 19.2 Å². The lowest BCUT2D eigenvalue weighted by molar-refractivity contribution is -0.162. The number of hydrogen-bond donors (Lipinski definition) is 0. The van der Waals surface area contributed by atoms with Crippen LogP contribution in [0.3, 0.4) is 0 Å². The van der Waals surface area contributed by atoms with Gasteiger partial charge in [-0.2, -0.15) is 0 Å². The zero-order chi connectivity index (χ0) is 53.0. The molecule has 0 N–H and O–H groups in total. The van der Waals surface area contributed by atoms with Crippen molar-refractivity contribution in [3.8, 4) is 0 Å². The van der Waals surface area contributed by atoms with E-state index in [0.717, 1.165) is 66.8 Å². The first kappa shape index (κ1) is 63.5. The van der Waals surface area contributed by atoms with Crippen LogP contribution in [-0.4, -0.2) is 87.7 Å². The molecule has 1 aromatic carbocycles. The van der Waals surface area contributed by atoms with Crippen molar-refractivity contribution in [1.29, 1.82) is 0 Å². The molecule has 70 heavy (non-hydrogen) atoms. The molecule has 11 atom stereocenters. The Morgan fingerprint density at radius 1 is 0.771 bits per heavy atom. The van der Waals surface area contributed by atoms with E-state index in [4.69, 9.17) is 32.2 Å². The maximum atomic E-state index is 14.7. The van der Waals surface area contributed by atoms with Crippen LogP contribution in [0, 0.1) is 29.6 Å². The van der Waals surface area contributed by atoms with Crippen molar-refractivity contribution in [3.05, 3.63) is 83.2 Å². The van der Waals surface area contributed by atoms with Gasteiger partial charge in [-0.25, -0.2) is 9.59 Å². The Bertz CT molecular complexity index is 1800. The number of rotatable bonds is 24. The molecular formula is C58H102O9Si3. The van der Waals surface area contributed by atoms with Crippen LogP contribution in [0.1, 0.15) is 148 Å². The first-order valence-electron chi connectivity index (χ1n) is 27.5. The number of benzene rings is 1. The number of methoxy groups -OCH3 is 2. The van der Waals surface area contributed by atoms with Crippen LogP contribution in [0.15, 0.2) is 77.6 Å². The van der Waals surface area contributed by atoms with Crippen LogP contribution >= 0.6 is 0 Å². The lowest BCUT2D eigenvalue weighted by atomic mass is 9.79. The van der Waals surface area contributed by atoms with Gasteiger partial charge in [-0.3, -0.25) is 0 Å². The molecule has 0 amide bonds. The van der Waals surface area contributed by atoms with Crippen molar-refractivity contribution in [2.45, 2.75) is 228 Å². The Hall–Kier alpha value is -2.59. The summed E-state index contributed by atoms with van der Waals surface area (Å²) >= 11 is 0. The van der Waals surface area contributed by atoms with Gasteiger partial charge in [-0.1, -0.05) is 158 Å². The quantitative estimate of drug-likeness (QED) is 0.0740. The molecule has 0 saturated heterocycles. The summed E-state index contributed by atoms with van der Waals surface area (Å²) in [6.07, 6.45) is 9.53. The smallest absolute Gasteiger partial charge is 0.373 e. The molecule has 1 aromatic rings. The molecule has 0 saturated carbocycles. The van der Waals surface area contributed by atoms with Crippen molar-refractivity contribution < 1.29 is 41.8 Å². The lowest BCUT2D eigenvalue weighted by Crippen LogP contribution is -2.53. The third kappa shape index (κ3) is 17.0. The normalized spacial score (nSPS) is 27.2. The molecule has 0 aliphatic carbocycles. The number of esters is 2. The van der Waals surface area contributed by atoms with Gasteiger partial charge in [0.05, 0.1) is 31.0 Å². The molecular weight excluding hydrogens is 925 g/mol. The summed E-state index contributed by atoms with van der Waals surface area (Å²) in [5.74, 6) is -1.19. The van der Waals surface area contributed by atoms with Gasteiger partial charge in [0.1, 0.15) is 18.3 Å². The molecule has 400 valence electrons. The molecule has 1 aliphatic rings. The number of ether oxygens (including phenoxy) is 4. The number of hydrogen-bond acceptors (Lipinski definition) is 9. The van der Waals surface area contributed by atoms with E-state index in [2.05, 4.69) is 129 Å². The van der Waals surface area contributed by atoms with E-state index in [1.807, 2.05) is 44.2 Å². The molecule has 1 aliphatic heterocycles. The van der Waals surface area contributed by atoms with Crippen molar-refractivity contribution >= 4 is 36.9 Å². The number of carbonyl (C=O) groups excluding carboxylic acids is 2. The predicted octanol–water partition coefficient (Wildman–Crippen LogP) is 15.7. The maximum Gasteiger partial charge on any atom is 0.373 e. The van der Waals surface area contributed by atoms with Crippen LogP contribution < -0.4 is 0 Å². The first-order chi connectivity index (χ1) is 33.1. The molecule has 0 unspecified atom stereocenters. The maximum absolute atomic E-state index is 14.7. The summed E-state index contributed by atoms with van der Waals surface area (Å²) in [6, 6.07) is 17.3. The largest absolute Gasteiger partial charge is 0.490 e. The van der Waals surface area contributed by atoms with Crippen molar-refractivity contribution in [1.82, 2.24) is 0 Å². The minimum absolute atomic E-state index is 0.000745. The van der Waals surface area contributed by atoms with E-state index in [0.29, 0.717) is 11.1 Å². The number of carbonyl (C=O) groups is 2. The van der Waals surface area contributed by atoms with Gasteiger partial charge in [-0.05, 0) is 118 Å². The topological polar surface area (TPSA) is 98.8 Å². The summed E-state index contributed by atoms with van der Waals surface area (Å²) < 4.78 is 48.0. The molecule has 0 aromatic heterocycles. The first-order valence-corrected chi connectivity index (χ1v) is 34.9. The average molecular weight is 1030 g/mol. The fraction of sp³-hybridized carbons (Fsp3) is 0.724. The Labute approximate surface area is 431 Å². The Kier molecular flexibility index (Phi) is 27.7. The third-order valence-electron chi connectivity index (χ3n) is 16.7. The highest BCUT2D eigenvalue weighted by molar-refractivity contribution is 6.75. The lowest BCUT2D eigenvalue weighted by Gasteiger charge is -2.46. The second-order valence-electron chi connectivity index (χ2n) is 21.1. The van der Waals surface area contributed by atoms with Crippen molar-refractivity contribution in [2.24, 2.45) is 29.6 Å². The van der Waals surface area contributed by atoms with E-state index in [1.165, 1.54) is 12.7 Å². The molecule has 0 radical (unpaired) electrons. The van der Waals surface area contributed by atoms with Crippen LogP contribution in [0.2, 0.25) is 53.9 Å². The fourth-order valence-electron chi connectivity index (χ4n) is 11.1. The average Bonchev–Trinajstić information content (AvgIpc) is 3.36. The molecule has 0 fully saturated rings. The summed E-state index contributed by atoms with van der Waals surface area (Å²) in [7, 11) is -3.36. The van der Waals surface area contributed by atoms with Gasteiger partial charge in [0, 0.05) is 24.9 Å². The van der Waals surface area contributed by atoms with Crippen LogP contribution in [0.25, 0.3) is 0 Å². The van der Waals surface area contributed by atoms with Crippen molar-refractivity contribution in [2.75, 3.05) is 14.2 Å². The zero-order valence-electron chi connectivity index (χ0n) is 47.9. The van der Waals surface area contributed by atoms with E-state index in [9.17, 15) is 9.59 Å². The van der Waals surface area contributed by atoms with Crippen LogP contribution in [0.5, 0.6) is 0 Å². The SMILES string of the molecule is CC[C@H]1[C@@H](O[Si](CC)(CC)CC)[C@H](C)C/C(C)=C/C=C/[C@H](OC)[C@@H]([C@@H](C)[C@@H](O[Si](CC)(CC)C(C)C)[C@H](C)[C@@H](C)OC(=O)c2ccccc2)OC(=O)/C(OC)=C/C(C)=C/[C@@H](C)[C@H]1O[Si](CC)(CC)CC. The standard InChI is InChI=1S/C58H102O9Si3/c1-21-50-53(65-68(22-2,23-3)24-4)44(14)38-42(12)34-33-37-51(61-19)56(64-58(60)52(62-20)40-43(13)39-45(15)54(50)66-69(25-5,26-6)27-7)47(17)55(67-70(28-8,29-9)41(10)11)46(16)48(18)63-57(59)49-35-31-30-32-36-49/h30-37,39-41,44-48,50-51,53-56H,21-29,38H2,1-20H3/b37-33+,42-34+,43-39+,52-40-/t44-,45-,46-,47+,48-,50+,51+,53+,54-,55+,56-/m1/s1. The molecule has 0 spiro atoms. The zero-order valence-corrected chi connectivity index (χ0v) is 50.9. The highest BCUT2D eigenvalue weighted by Gasteiger charge is 2.47. The van der Waals surface area contributed by atoms with Gasteiger partial charge in [0.2, 0.25) is 5.76 Å². The van der Waals surface area contributed by atoms with E-state index < -0.39 is 61.3 Å². The van der Waals surface area contributed by atoms with E-state index >= 15 is 0 Å². The van der Waals surface area contributed by atoms with Gasteiger partial charge >= 0.3 is 11.9 Å². The summed E-state index contributed by atoms with van der Waals surface area (Å²) in [5, 5.41) is 0. The molecule has 2 rings (SSSR count). The Morgan fingerprint density at radius 2 is 1.31 bits per heavy atom. The second kappa shape index (κ2) is 30.6. The summed E-state index contributed by atoms with van der Waals surface area (Å²) in [4.78, 5) is 28.2. The fourth-order valence-corrected chi connectivity index (χ4v) is 20.8. The molecule has 1 heterocycles. The minimum atomic E-state index is -2.38. The van der Waals surface area contributed by atoms with Gasteiger partial charge < -0.3 is 32.2 Å². The van der Waals surface area contributed by atoms with Crippen LogP contribution in [0.4, 0.5) is 0 Å². The van der Waals surface area contributed by atoms with Gasteiger partial charge in [-0.15, -0.1) is 0 Å². The monoisotopic (exact) mass is 1030 g/mol. The summed E-state index contributed by atoms with van der Waals surface area (Å²) in [6.45, 7) is 40.2. The van der Waals surface area contributed by atoms with Crippen LogP contribution in [-0.2, 0) is 37.0 Å². The van der Waals surface area contributed by atoms with Gasteiger partial charge in [0.25, 0.3) is 0 Å². The predicted molar refractivity (Wildman–Crippen MR) is 300 cm³/mol. The summed E-state index contributed by atoms with van der Waals surface area (Å²) in [5.41, 5.74) is 2.92. The molecule has 9 nitrogen and oxygen atoms in total. The Balaban J connectivity index is 3.00. The highest BCUT2D eigenvalue weighted by Crippen LogP contribution is 2.41. The van der Waals surface area contributed by atoms with Crippen molar-refractivity contribution in [3.63, 3.8) is 0 Å². The molecule has 12 heteroatoms. The number of cyclic esters (lactones) is 1. The third-order valence-corrected chi connectivity index (χ3v) is 31.2. The molecule has 0 bridgehead atoms. The number of allylic oxidation sites excluding steroid dienone is 5.